The molecule has 0 atom stereocenters. The van der Waals surface area contributed by atoms with E-state index < -0.39 is 11.9 Å². The van der Waals surface area contributed by atoms with Crippen molar-refractivity contribution < 1.29 is 24.2 Å². The van der Waals surface area contributed by atoms with Crippen LogP contribution in [0.25, 0.3) is 0 Å². The third-order valence-electron chi connectivity index (χ3n) is 2.00. The van der Waals surface area contributed by atoms with Crippen LogP contribution in [-0.4, -0.2) is 43.0 Å². The van der Waals surface area contributed by atoms with E-state index in [0.29, 0.717) is 32.6 Å². The van der Waals surface area contributed by atoms with Crippen LogP contribution in [0.5, 0.6) is 0 Å². The van der Waals surface area contributed by atoms with Gasteiger partial charge < -0.3 is 19.9 Å². The summed E-state index contributed by atoms with van der Waals surface area (Å²) in [6.45, 7) is 5.41. The third kappa shape index (κ3) is 9.80. The quantitative estimate of drug-likeness (QED) is 0.346. The van der Waals surface area contributed by atoms with E-state index in [1.807, 2.05) is 13.8 Å². The molecule has 0 fully saturated rings. The summed E-state index contributed by atoms with van der Waals surface area (Å²) in [5.41, 5.74) is 0. The maximum absolute atomic E-state index is 11.1. The molecule has 0 aliphatic carbocycles. The molecular formula is C12H21NO5. The molecule has 0 radical (unpaired) electrons. The number of carbonyl (C=O) groups excluding carboxylic acids is 1. The monoisotopic (exact) mass is 259 g/mol. The van der Waals surface area contributed by atoms with Gasteiger partial charge in [-0.2, -0.15) is 0 Å². The number of aliphatic carboxylic acids is 1. The second-order valence-electron chi connectivity index (χ2n) is 3.45. The number of carboxylic acid groups (broad SMARTS) is 1. The van der Waals surface area contributed by atoms with Crippen molar-refractivity contribution in [2.75, 3.05) is 19.8 Å². The Morgan fingerprint density at radius 1 is 1.22 bits per heavy atom. The number of hydrogen-bond donors (Lipinski definition) is 2. The van der Waals surface area contributed by atoms with Crippen LogP contribution in [0.15, 0.2) is 12.2 Å². The molecule has 0 aliphatic heterocycles. The first-order valence-electron chi connectivity index (χ1n) is 6.02. The second kappa shape index (κ2) is 10.7. The number of amides is 1. The van der Waals surface area contributed by atoms with Crippen molar-refractivity contribution >= 4 is 11.9 Å². The molecule has 0 saturated heterocycles. The molecule has 6 heteroatoms. The maximum atomic E-state index is 11.1. The molecule has 1 amide bonds. The van der Waals surface area contributed by atoms with Crippen molar-refractivity contribution in [3.05, 3.63) is 12.2 Å². The van der Waals surface area contributed by atoms with E-state index in [0.717, 1.165) is 12.2 Å². The second-order valence-corrected chi connectivity index (χ2v) is 3.45. The topological polar surface area (TPSA) is 84.9 Å². The fourth-order valence-corrected chi connectivity index (χ4v) is 1.27. The smallest absolute Gasteiger partial charge is 0.328 e. The molecular weight excluding hydrogens is 238 g/mol. The van der Waals surface area contributed by atoms with Crippen LogP contribution in [-0.2, 0) is 19.1 Å². The summed E-state index contributed by atoms with van der Waals surface area (Å²) in [6, 6.07) is 0. The van der Waals surface area contributed by atoms with Crippen LogP contribution in [0.4, 0.5) is 0 Å². The van der Waals surface area contributed by atoms with Crippen LogP contribution in [0.1, 0.15) is 26.7 Å². The van der Waals surface area contributed by atoms with E-state index in [4.69, 9.17) is 14.6 Å². The molecule has 0 aromatic rings. The van der Waals surface area contributed by atoms with Gasteiger partial charge in [-0.3, -0.25) is 4.79 Å². The van der Waals surface area contributed by atoms with Gasteiger partial charge in [0.15, 0.2) is 6.29 Å². The molecule has 0 aliphatic rings. The summed E-state index contributed by atoms with van der Waals surface area (Å²) < 4.78 is 10.7. The Morgan fingerprint density at radius 3 is 2.33 bits per heavy atom. The van der Waals surface area contributed by atoms with E-state index in [-0.39, 0.29) is 6.29 Å². The number of carboxylic acids is 1. The van der Waals surface area contributed by atoms with Crippen molar-refractivity contribution in [1.29, 1.82) is 0 Å². The minimum atomic E-state index is -1.14. The zero-order valence-corrected chi connectivity index (χ0v) is 10.8. The Kier molecular flexibility index (Phi) is 9.90. The maximum Gasteiger partial charge on any atom is 0.328 e. The van der Waals surface area contributed by atoms with E-state index in [2.05, 4.69) is 5.32 Å². The molecule has 0 aromatic carbocycles. The summed E-state index contributed by atoms with van der Waals surface area (Å²) >= 11 is 0. The van der Waals surface area contributed by atoms with Crippen LogP contribution in [0.2, 0.25) is 0 Å². The molecule has 0 bridgehead atoms. The Labute approximate surface area is 107 Å². The Hall–Kier alpha value is -1.40. The van der Waals surface area contributed by atoms with Crippen LogP contribution >= 0.6 is 0 Å². The van der Waals surface area contributed by atoms with E-state index >= 15 is 0 Å². The standard InChI is InChI=1S/C12H21NO5/c1-3-17-12(18-4-2)6-5-9-13-10(14)7-8-11(15)16/h7-8,12H,3-6,9H2,1-2H3,(H,13,14)(H,15,16). The highest BCUT2D eigenvalue weighted by atomic mass is 16.7. The zero-order chi connectivity index (χ0) is 13.8. The molecule has 0 aromatic heterocycles. The molecule has 0 heterocycles. The predicted octanol–water partition coefficient (Wildman–Crippen LogP) is 0.923. The summed E-state index contributed by atoms with van der Waals surface area (Å²) in [7, 11) is 0. The van der Waals surface area contributed by atoms with Crippen molar-refractivity contribution in [1.82, 2.24) is 5.32 Å². The summed E-state index contributed by atoms with van der Waals surface area (Å²) in [5, 5.41) is 10.9. The molecule has 0 saturated carbocycles. The van der Waals surface area contributed by atoms with Crippen LogP contribution in [0, 0.1) is 0 Å². The summed E-state index contributed by atoms with van der Waals surface area (Å²) in [4.78, 5) is 21.3. The van der Waals surface area contributed by atoms with Gasteiger partial charge in [0, 0.05) is 38.3 Å². The highest BCUT2D eigenvalue weighted by Crippen LogP contribution is 2.03. The van der Waals surface area contributed by atoms with E-state index in [1.54, 1.807) is 0 Å². The first kappa shape index (κ1) is 16.6. The van der Waals surface area contributed by atoms with Gasteiger partial charge in [0.2, 0.25) is 5.91 Å². The zero-order valence-electron chi connectivity index (χ0n) is 10.8. The lowest BCUT2D eigenvalue weighted by molar-refractivity contribution is -0.140. The van der Waals surface area contributed by atoms with Crippen molar-refractivity contribution in [3.8, 4) is 0 Å². The molecule has 0 spiro atoms. The van der Waals surface area contributed by atoms with Gasteiger partial charge in [-0.15, -0.1) is 0 Å². The van der Waals surface area contributed by atoms with Gasteiger partial charge in [0.25, 0.3) is 0 Å². The van der Waals surface area contributed by atoms with Gasteiger partial charge in [-0.25, -0.2) is 4.79 Å². The largest absolute Gasteiger partial charge is 0.478 e. The number of hydrogen-bond acceptors (Lipinski definition) is 4. The highest BCUT2D eigenvalue weighted by molar-refractivity contribution is 5.93. The van der Waals surface area contributed by atoms with Crippen molar-refractivity contribution in [2.45, 2.75) is 33.0 Å². The third-order valence-corrected chi connectivity index (χ3v) is 2.00. The van der Waals surface area contributed by atoms with Gasteiger partial charge in [0.1, 0.15) is 0 Å². The first-order valence-corrected chi connectivity index (χ1v) is 6.02. The van der Waals surface area contributed by atoms with E-state index in [1.165, 1.54) is 0 Å². The molecule has 18 heavy (non-hydrogen) atoms. The Balaban J connectivity index is 3.70. The van der Waals surface area contributed by atoms with Crippen LogP contribution in [0.3, 0.4) is 0 Å². The van der Waals surface area contributed by atoms with Crippen molar-refractivity contribution in [2.24, 2.45) is 0 Å². The number of rotatable bonds is 10. The lowest BCUT2D eigenvalue weighted by Crippen LogP contribution is -2.25. The predicted molar refractivity (Wildman–Crippen MR) is 66.1 cm³/mol. The van der Waals surface area contributed by atoms with Gasteiger partial charge >= 0.3 is 5.97 Å². The lowest BCUT2D eigenvalue weighted by Gasteiger charge is -2.16. The summed E-state index contributed by atoms with van der Waals surface area (Å²) in [5.74, 6) is -1.56. The Bertz CT molecular complexity index is 272. The average Bonchev–Trinajstić information content (AvgIpc) is 2.32. The minimum absolute atomic E-state index is 0.244. The van der Waals surface area contributed by atoms with Gasteiger partial charge in [-0.1, -0.05) is 0 Å². The molecule has 0 unspecified atom stereocenters. The number of ether oxygens (including phenoxy) is 2. The minimum Gasteiger partial charge on any atom is -0.478 e. The SMILES string of the molecule is CCOC(CCCNC(=O)C=CC(=O)O)OCC. The first-order chi connectivity index (χ1) is 8.60. The average molecular weight is 259 g/mol. The molecule has 6 nitrogen and oxygen atoms in total. The van der Waals surface area contributed by atoms with Gasteiger partial charge in [-0.05, 0) is 20.3 Å². The molecule has 2 N–H and O–H groups in total. The fourth-order valence-electron chi connectivity index (χ4n) is 1.27. The molecule has 0 rings (SSSR count). The fraction of sp³-hybridized carbons (Fsp3) is 0.667. The Morgan fingerprint density at radius 2 is 1.83 bits per heavy atom. The van der Waals surface area contributed by atoms with E-state index in [9.17, 15) is 9.59 Å². The lowest BCUT2D eigenvalue weighted by atomic mass is 10.3. The highest BCUT2D eigenvalue weighted by Gasteiger charge is 2.07. The van der Waals surface area contributed by atoms with Gasteiger partial charge in [0.05, 0.1) is 0 Å². The number of nitrogens with one attached hydrogen (secondary N) is 1. The summed E-state index contributed by atoms with van der Waals surface area (Å²) in [6.07, 6.45) is 2.94. The molecule has 104 valence electrons. The number of carbonyl (C=O) groups is 2. The van der Waals surface area contributed by atoms with Crippen LogP contribution < -0.4 is 5.32 Å². The van der Waals surface area contributed by atoms with Crippen molar-refractivity contribution in [3.63, 3.8) is 0 Å². The normalized spacial score (nSPS) is 11.1.